The molecule has 0 aliphatic carbocycles. The van der Waals surface area contributed by atoms with Crippen LogP contribution in [-0.4, -0.2) is 6.54 Å². The van der Waals surface area contributed by atoms with Gasteiger partial charge in [0, 0.05) is 4.88 Å². The molecule has 0 amide bonds. The van der Waals surface area contributed by atoms with Gasteiger partial charge in [0.1, 0.15) is 0 Å². The molecule has 1 atom stereocenters. The zero-order valence-electron chi connectivity index (χ0n) is 11.4. The van der Waals surface area contributed by atoms with E-state index in [2.05, 4.69) is 61.8 Å². The largest absolute Gasteiger partial charge is 0.306 e. The fraction of sp³-hybridized carbons (Fsp3) is 0.375. The molecular formula is C16H21NS. The summed E-state index contributed by atoms with van der Waals surface area (Å²) in [5.41, 5.74) is 4.16. The van der Waals surface area contributed by atoms with Gasteiger partial charge in [-0.1, -0.05) is 43.7 Å². The van der Waals surface area contributed by atoms with Gasteiger partial charge in [-0.25, -0.2) is 0 Å². The van der Waals surface area contributed by atoms with Crippen molar-refractivity contribution in [1.29, 1.82) is 0 Å². The number of hydrogen-bond acceptors (Lipinski definition) is 2. The molecule has 0 spiro atoms. The minimum absolute atomic E-state index is 0.338. The highest BCUT2D eigenvalue weighted by Gasteiger charge is 2.17. The third-order valence-corrected chi connectivity index (χ3v) is 4.23. The Kier molecular flexibility index (Phi) is 4.56. The van der Waals surface area contributed by atoms with Crippen LogP contribution in [0.15, 0.2) is 35.7 Å². The van der Waals surface area contributed by atoms with Crippen molar-refractivity contribution in [2.24, 2.45) is 0 Å². The summed E-state index contributed by atoms with van der Waals surface area (Å²) in [5, 5.41) is 5.82. The van der Waals surface area contributed by atoms with Crippen LogP contribution in [-0.2, 0) is 6.42 Å². The topological polar surface area (TPSA) is 12.0 Å². The quantitative estimate of drug-likeness (QED) is 0.843. The number of rotatable bonds is 5. The van der Waals surface area contributed by atoms with Crippen LogP contribution in [0.5, 0.6) is 0 Å². The Balaban J connectivity index is 2.39. The van der Waals surface area contributed by atoms with Crippen LogP contribution < -0.4 is 5.32 Å². The lowest BCUT2D eigenvalue weighted by Gasteiger charge is -2.19. The first-order chi connectivity index (χ1) is 8.76. The van der Waals surface area contributed by atoms with E-state index in [1.54, 1.807) is 0 Å². The first kappa shape index (κ1) is 13.3. The van der Waals surface area contributed by atoms with Gasteiger partial charge in [0.2, 0.25) is 0 Å². The molecule has 0 aliphatic heterocycles. The molecule has 0 saturated carbocycles. The van der Waals surface area contributed by atoms with Crippen molar-refractivity contribution in [3.05, 3.63) is 57.3 Å². The normalized spacial score (nSPS) is 12.6. The van der Waals surface area contributed by atoms with E-state index < -0.39 is 0 Å². The van der Waals surface area contributed by atoms with Gasteiger partial charge >= 0.3 is 0 Å². The summed E-state index contributed by atoms with van der Waals surface area (Å²) >= 11 is 1.86. The van der Waals surface area contributed by atoms with Crippen LogP contribution in [0.3, 0.4) is 0 Å². The van der Waals surface area contributed by atoms with Gasteiger partial charge in [-0.3, -0.25) is 0 Å². The van der Waals surface area contributed by atoms with Crippen molar-refractivity contribution in [3.63, 3.8) is 0 Å². The lowest BCUT2D eigenvalue weighted by Crippen LogP contribution is -2.22. The maximum Gasteiger partial charge on any atom is 0.0673 e. The van der Waals surface area contributed by atoms with Gasteiger partial charge in [0.15, 0.2) is 0 Å². The summed E-state index contributed by atoms with van der Waals surface area (Å²) in [6, 6.07) is 11.4. The molecule has 1 heterocycles. The van der Waals surface area contributed by atoms with E-state index in [9.17, 15) is 0 Å². The van der Waals surface area contributed by atoms with Crippen molar-refractivity contribution < 1.29 is 0 Å². The summed E-state index contributed by atoms with van der Waals surface area (Å²) in [6.07, 6.45) is 1.10. The molecule has 0 fully saturated rings. The SMILES string of the molecule is CCNC(c1cccc(C)c1)c1sccc1CC. The summed E-state index contributed by atoms with van der Waals surface area (Å²) in [4.78, 5) is 1.46. The van der Waals surface area contributed by atoms with E-state index in [1.807, 2.05) is 11.3 Å². The minimum atomic E-state index is 0.338. The molecule has 2 rings (SSSR count). The van der Waals surface area contributed by atoms with Gasteiger partial charge in [-0.15, -0.1) is 11.3 Å². The number of nitrogens with one attached hydrogen (secondary N) is 1. The second kappa shape index (κ2) is 6.17. The van der Waals surface area contributed by atoms with Crippen molar-refractivity contribution in [2.75, 3.05) is 6.54 Å². The van der Waals surface area contributed by atoms with Gasteiger partial charge in [-0.2, -0.15) is 0 Å². The van der Waals surface area contributed by atoms with Gasteiger partial charge < -0.3 is 5.32 Å². The van der Waals surface area contributed by atoms with E-state index in [-0.39, 0.29) is 0 Å². The van der Waals surface area contributed by atoms with Crippen LogP contribution >= 0.6 is 11.3 Å². The third kappa shape index (κ3) is 2.82. The van der Waals surface area contributed by atoms with Crippen molar-refractivity contribution in [2.45, 2.75) is 33.2 Å². The molecule has 96 valence electrons. The molecule has 2 heteroatoms. The molecule has 2 aromatic rings. The highest BCUT2D eigenvalue weighted by molar-refractivity contribution is 7.10. The Morgan fingerprint density at radius 1 is 1.22 bits per heavy atom. The zero-order chi connectivity index (χ0) is 13.0. The molecular weight excluding hydrogens is 238 g/mol. The summed E-state index contributed by atoms with van der Waals surface area (Å²) in [5.74, 6) is 0. The maximum atomic E-state index is 3.61. The highest BCUT2D eigenvalue weighted by atomic mass is 32.1. The van der Waals surface area contributed by atoms with Crippen LogP contribution in [0, 0.1) is 6.92 Å². The second-order valence-corrected chi connectivity index (χ2v) is 5.52. The number of hydrogen-bond donors (Lipinski definition) is 1. The average Bonchev–Trinajstić information content (AvgIpc) is 2.84. The molecule has 0 radical (unpaired) electrons. The molecule has 1 aromatic carbocycles. The van der Waals surface area contributed by atoms with Gasteiger partial charge in [0.25, 0.3) is 0 Å². The first-order valence-electron chi connectivity index (χ1n) is 6.62. The summed E-state index contributed by atoms with van der Waals surface area (Å²) in [6.45, 7) is 7.54. The smallest absolute Gasteiger partial charge is 0.0673 e. The number of benzene rings is 1. The Hall–Kier alpha value is -1.12. The monoisotopic (exact) mass is 259 g/mol. The lowest BCUT2D eigenvalue weighted by atomic mass is 10.00. The van der Waals surface area contributed by atoms with Gasteiger partial charge in [-0.05, 0) is 42.5 Å². The van der Waals surface area contributed by atoms with Crippen LogP contribution in [0.25, 0.3) is 0 Å². The minimum Gasteiger partial charge on any atom is -0.306 e. The van der Waals surface area contributed by atoms with Crippen LogP contribution in [0.1, 0.15) is 41.5 Å². The second-order valence-electron chi connectivity index (χ2n) is 4.57. The highest BCUT2D eigenvalue weighted by Crippen LogP contribution is 2.30. The lowest BCUT2D eigenvalue weighted by molar-refractivity contribution is 0.635. The molecule has 0 aliphatic rings. The fourth-order valence-corrected chi connectivity index (χ4v) is 3.41. The van der Waals surface area contributed by atoms with Crippen LogP contribution in [0.2, 0.25) is 0 Å². The maximum absolute atomic E-state index is 3.61. The zero-order valence-corrected chi connectivity index (χ0v) is 12.2. The van der Waals surface area contributed by atoms with Crippen molar-refractivity contribution >= 4 is 11.3 Å². The van der Waals surface area contributed by atoms with E-state index in [4.69, 9.17) is 0 Å². The summed E-state index contributed by atoms with van der Waals surface area (Å²) in [7, 11) is 0. The molecule has 0 bridgehead atoms. The summed E-state index contributed by atoms with van der Waals surface area (Å²) < 4.78 is 0. The van der Waals surface area contributed by atoms with E-state index in [0.29, 0.717) is 6.04 Å². The Labute approximate surface area is 114 Å². The van der Waals surface area contributed by atoms with Crippen molar-refractivity contribution in [3.8, 4) is 0 Å². The first-order valence-corrected chi connectivity index (χ1v) is 7.50. The van der Waals surface area contributed by atoms with E-state index in [1.165, 1.54) is 21.6 Å². The Bertz CT molecular complexity index is 501. The predicted octanol–water partition coefficient (Wildman–Crippen LogP) is 4.32. The third-order valence-electron chi connectivity index (χ3n) is 3.21. The number of thiophene rings is 1. The van der Waals surface area contributed by atoms with E-state index in [0.717, 1.165) is 13.0 Å². The molecule has 1 N–H and O–H groups in total. The molecule has 18 heavy (non-hydrogen) atoms. The Morgan fingerprint density at radius 2 is 2.06 bits per heavy atom. The molecule has 1 nitrogen and oxygen atoms in total. The molecule has 0 saturated heterocycles. The standard InChI is InChI=1S/C16H21NS/c1-4-13-9-10-18-16(13)15(17-5-2)14-8-6-7-12(3)11-14/h6-11,15,17H,4-5H2,1-3H3. The molecule has 1 unspecified atom stereocenters. The van der Waals surface area contributed by atoms with E-state index >= 15 is 0 Å². The van der Waals surface area contributed by atoms with Crippen LogP contribution in [0.4, 0.5) is 0 Å². The number of aryl methyl sites for hydroxylation is 2. The Morgan fingerprint density at radius 3 is 2.72 bits per heavy atom. The molecule has 1 aromatic heterocycles. The predicted molar refractivity (Wildman–Crippen MR) is 80.4 cm³/mol. The average molecular weight is 259 g/mol. The van der Waals surface area contributed by atoms with Gasteiger partial charge in [0.05, 0.1) is 6.04 Å². The van der Waals surface area contributed by atoms with Crippen molar-refractivity contribution in [1.82, 2.24) is 5.32 Å². The fourth-order valence-electron chi connectivity index (χ4n) is 2.31.